The Balaban J connectivity index is 1.60. The third-order valence-electron chi connectivity index (χ3n) is 5.43. The number of thiophene rings is 1. The molecule has 2 atom stereocenters. The van der Waals surface area contributed by atoms with Crippen molar-refractivity contribution in [1.29, 1.82) is 0 Å². The SMILES string of the molecule is CC(Sc1nc2scc(-c3ccccc3)c2c(=O)n1N)C(=O)N(C)C1CCS(=O)(=O)C1. The molecule has 1 fully saturated rings. The van der Waals surface area contributed by atoms with Crippen molar-refractivity contribution in [3.63, 3.8) is 0 Å². The maximum absolute atomic E-state index is 13.0. The number of carbonyl (C=O) groups is 1. The van der Waals surface area contributed by atoms with Crippen molar-refractivity contribution in [3.8, 4) is 11.1 Å². The molecule has 8 nitrogen and oxygen atoms in total. The summed E-state index contributed by atoms with van der Waals surface area (Å²) in [6.45, 7) is 1.70. The van der Waals surface area contributed by atoms with Gasteiger partial charge in [0.1, 0.15) is 4.83 Å². The van der Waals surface area contributed by atoms with Crippen LogP contribution in [0.4, 0.5) is 0 Å². The first kappa shape index (κ1) is 21.8. The molecule has 2 unspecified atom stereocenters. The van der Waals surface area contributed by atoms with E-state index >= 15 is 0 Å². The van der Waals surface area contributed by atoms with Gasteiger partial charge in [-0.1, -0.05) is 42.1 Å². The van der Waals surface area contributed by atoms with Gasteiger partial charge in [-0.2, -0.15) is 0 Å². The zero-order chi connectivity index (χ0) is 22.3. The van der Waals surface area contributed by atoms with Crippen molar-refractivity contribution in [2.45, 2.75) is 29.8 Å². The lowest BCUT2D eigenvalue weighted by atomic mass is 10.1. The lowest BCUT2D eigenvalue weighted by Crippen LogP contribution is -2.42. The third kappa shape index (κ3) is 4.21. The number of carbonyl (C=O) groups excluding carboxylic acids is 1. The number of benzene rings is 1. The van der Waals surface area contributed by atoms with Gasteiger partial charge in [-0.05, 0) is 18.9 Å². The highest BCUT2D eigenvalue weighted by atomic mass is 32.2. The predicted octanol–water partition coefficient (Wildman–Crippen LogP) is 1.96. The number of nitrogens with zero attached hydrogens (tertiary/aromatic N) is 3. The Labute approximate surface area is 188 Å². The second-order valence-electron chi connectivity index (χ2n) is 7.53. The van der Waals surface area contributed by atoms with Crippen LogP contribution in [0.25, 0.3) is 21.3 Å². The number of thioether (sulfide) groups is 1. The number of amides is 1. The highest BCUT2D eigenvalue weighted by Gasteiger charge is 2.34. The molecule has 3 aromatic rings. The van der Waals surface area contributed by atoms with Crippen LogP contribution in [0, 0.1) is 0 Å². The molecule has 0 radical (unpaired) electrons. The second kappa shape index (κ2) is 8.29. The van der Waals surface area contributed by atoms with Crippen LogP contribution < -0.4 is 11.4 Å². The first-order valence-corrected chi connectivity index (χ1v) is 13.2. The molecule has 3 heterocycles. The Bertz CT molecular complexity index is 1300. The molecular weight excluding hydrogens is 456 g/mol. The molecule has 11 heteroatoms. The summed E-state index contributed by atoms with van der Waals surface area (Å²) in [7, 11) is -1.48. The minimum atomic E-state index is -3.09. The Kier molecular flexibility index (Phi) is 5.84. The van der Waals surface area contributed by atoms with Gasteiger partial charge in [-0.3, -0.25) is 9.59 Å². The van der Waals surface area contributed by atoms with Gasteiger partial charge in [0.05, 0.1) is 22.1 Å². The molecule has 164 valence electrons. The summed E-state index contributed by atoms with van der Waals surface area (Å²) in [6, 6.07) is 9.21. The Hall–Kier alpha value is -2.37. The normalized spacial score (nSPS) is 18.8. The molecule has 4 rings (SSSR count). The highest BCUT2D eigenvalue weighted by Crippen LogP contribution is 2.32. The maximum atomic E-state index is 13.0. The van der Waals surface area contributed by atoms with E-state index in [4.69, 9.17) is 5.84 Å². The van der Waals surface area contributed by atoms with Crippen molar-refractivity contribution in [2.75, 3.05) is 24.4 Å². The second-order valence-corrected chi connectivity index (χ2v) is 11.9. The van der Waals surface area contributed by atoms with Gasteiger partial charge in [0.15, 0.2) is 15.0 Å². The molecular formula is C20H22N4O4S3. The number of nitrogen functional groups attached to an aromatic ring is 1. The molecule has 1 aromatic carbocycles. The van der Waals surface area contributed by atoms with Gasteiger partial charge in [0.25, 0.3) is 5.56 Å². The topological polar surface area (TPSA) is 115 Å². The number of nitrogens with two attached hydrogens (primary N) is 1. The van der Waals surface area contributed by atoms with Gasteiger partial charge >= 0.3 is 0 Å². The van der Waals surface area contributed by atoms with Gasteiger partial charge < -0.3 is 10.7 Å². The largest absolute Gasteiger partial charge is 0.341 e. The quantitative estimate of drug-likeness (QED) is 0.339. The van der Waals surface area contributed by atoms with Crippen LogP contribution in [-0.2, 0) is 14.6 Å². The van der Waals surface area contributed by atoms with E-state index in [1.807, 2.05) is 35.7 Å². The summed E-state index contributed by atoms with van der Waals surface area (Å²) in [4.78, 5) is 32.4. The van der Waals surface area contributed by atoms with Crippen LogP contribution in [-0.4, -0.2) is 58.7 Å². The molecule has 0 saturated carbocycles. The molecule has 0 aliphatic carbocycles. The maximum Gasteiger partial charge on any atom is 0.282 e. The number of rotatable bonds is 5. The molecule has 2 N–H and O–H groups in total. The molecule has 31 heavy (non-hydrogen) atoms. The highest BCUT2D eigenvalue weighted by molar-refractivity contribution is 8.00. The first-order valence-electron chi connectivity index (χ1n) is 9.66. The fourth-order valence-corrected chi connectivity index (χ4v) is 7.35. The minimum Gasteiger partial charge on any atom is -0.341 e. The summed E-state index contributed by atoms with van der Waals surface area (Å²) in [5.74, 6) is 5.91. The third-order valence-corrected chi connectivity index (χ3v) is 9.10. The van der Waals surface area contributed by atoms with Crippen molar-refractivity contribution in [1.82, 2.24) is 14.6 Å². The average molecular weight is 479 g/mol. The number of fused-ring (bicyclic) bond motifs is 1. The summed E-state index contributed by atoms with van der Waals surface area (Å²) < 4.78 is 24.4. The zero-order valence-corrected chi connectivity index (χ0v) is 19.5. The van der Waals surface area contributed by atoms with Crippen LogP contribution >= 0.6 is 23.1 Å². The van der Waals surface area contributed by atoms with Crippen molar-refractivity contribution >= 4 is 49.1 Å². The van der Waals surface area contributed by atoms with Crippen LogP contribution in [0.3, 0.4) is 0 Å². The van der Waals surface area contributed by atoms with E-state index in [1.54, 1.807) is 14.0 Å². The van der Waals surface area contributed by atoms with Crippen LogP contribution in [0.5, 0.6) is 0 Å². The smallest absolute Gasteiger partial charge is 0.282 e. The summed E-state index contributed by atoms with van der Waals surface area (Å²) in [5.41, 5.74) is 1.31. The van der Waals surface area contributed by atoms with Crippen LogP contribution in [0.2, 0.25) is 0 Å². The standard InChI is InChI=1S/C20H22N4O4S3/c1-12(18(25)23(2)14-8-9-31(27,28)11-14)30-20-22-17-16(19(26)24(20)21)15(10-29-17)13-6-4-3-5-7-13/h3-7,10,12,14H,8-9,11,21H2,1-2H3. The van der Waals surface area contributed by atoms with Crippen LogP contribution in [0.15, 0.2) is 45.7 Å². The van der Waals surface area contributed by atoms with E-state index in [2.05, 4.69) is 4.98 Å². The summed E-state index contributed by atoms with van der Waals surface area (Å²) >= 11 is 2.44. The monoisotopic (exact) mass is 478 g/mol. The van der Waals surface area contributed by atoms with Gasteiger partial charge in [0, 0.05) is 24.0 Å². The van der Waals surface area contributed by atoms with Gasteiger partial charge in [0.2, 0.25) is 5.91 Å². The fourth-order valence-electron chi connectivity index (χ4n) is 3.65. The Morgan fingerprint density at radius 3 is 2.71 bits per heavy atom. The van der Waals surface area contributed by atoms with Crippen LogP contribution in [0.1, 0.15) is 13.3 Å². The predicted molar refractivity (Wildman–Crippen MR) is 125 cm³/mol. The molecule has 1 aliphatic heterocycles. The Morgan fingerprint density at radius 1 is 1.35 bits per heavy atom. The lowest BCUT2D eigenvalue weighted by Gasteiger charge is -2.26. The lowest BCUT2D eigenvalue weighted by molar-refractivity contribution is -0.130. The van der Waals surface area contributed by atoms with Crippen molar-refractivity contribution in [2.24, 2.45) is 0 Å². The van der Waals surface area contributed by atoms with E-state index in [1.165, 1.54) is 16.2 Å². The molecule has 1 saturated heterocycles. The minimum absolute atomic E-state index is 0.0180. The average Bonchev–Trinajstić information content (AvgIpc) is 3.34. The summed E-state index contributed by atoms with van der Waals surface area (Å²) in [5, 5.41) is 2.00. The number of hydrogen-bond donors (Lipinski definition) is 1. The van der Waals surface area contributed by atoms with Crippen molar-refractivity contribution in [3.05, 3.63) is 46.1 Å². The van der Waals surface area contributed by atoms with E-state index in [0.29, 0.717) is 16.6 Å². The van der Waals surface area contributed by atoms with Gasteiger partial charge in [-0.15, -0.1) is 11.3 Å². The Morgan fingerprint density at radius 2 is 2.06 bits per heavy atom. The molecule has 1 aliphatic rings. The molecule has 1 amide bonds. The number of sulfone groups is 1. The van der Waals surface area contributed by atoms with E-state index in [0.717, 1.165) is 27.6 Å². The molecule has 2 aromatic heterocycles. The van der Waals surface area contributed by atoms with E-state index in [9.17, 15) is 18.0 Å². The molecule has 0 bridgehead atoms. The first-order chi connectivity index (χ1) is 14.7. The van der Waals surface area contributed by atoms with Gasteiger partial charge in [-0.25, -0.2) is 18.1 Å². The fraction of sp³-hybridized carbons (Fsp3) is 0.350. The molecule has 0 spiro atoms. The zero-order valence-electron chi connectivity index (χ0n) is 17.0. The van der Waals surface area contributed by atoms with E-state index < -0.39 is 15.1 Å². The van der Waals surface area contributed by atoms with Crippen molar-refractivity contribution < 1.29 is 13.2 Å². The summed E-state index contributed by atoms with van der Waals surface area (Å²) in [6.07, 6.45) is 0.436. The number of aromatic nitrogens is 2. The van der Waals surface area contributed by atoms with E-state index in [-0.39, 0.29) is 34.2 Å². The number of hydrogen-bond acceptors (Lipinski definition) is 8.